The van der Waals surface area contributed by atoms with Gasteiger partial charge in [-0.3, -0.25) is 4.79 Å². The van der Waals surface area contributed by atoms with E-state index < -0.39 is 10.0 Å². The minimum absolute atomic E-state index is 0.112. The molecule has 31 heavy (non-hydrogen) atoms. The summed E-state index contributed by atoms with van der Waals surface area (Å²) < 4.78 is 27.9. The van der Waals surface area contributed by atoms with Crippen LogP contribution in [0.2, 0.25) is 0 Å². The molecule has 0 atom stereocenters. The molecular weight excluding hydrogens is 410 g/mol. The Balaban J connectivity index is 1.35. The number of likely N-dealkylation sites (tertiary alicyclic amines) is 1. The Morgan fingerprint density at radius 3 is 2.23 bits per heavy atom. The van der Waals surface area contributed by atoms with Gasteiger partial charge in [0.15, 0.2) is 0 Å². The van der Waals surface area contributed by atoms with Gasteiger partial charge in [-0.2, -0.15) is 4.31 Å². The van der Waals surface area contributed by atoms with Crippen LogP contribution in [-0.2, 0) is 10.0 Å². The molecular formula is C24H37N3O3S. The summed E-state index contributed by atoms with van der Waals surface area (Å²) in [6, 6.07) is 6.78. The second kappa shape index (κ2) is 10.5. The molecule has 3 aliphatic rings. The highest BCUT2D eigenvalue weighted by atomic mass is 32.2. The summed E-state index contributed by atoms with van der Waals surface area (Å²) in [6.45, 7) is 4.29. The number of hydrogen-bond donors (Lipinski definition) is 1. The van der Waals surface area contributed by atoms with E-state index in [4.69, 9.17) is 0 Å². The number of carbonyl (C=O) groups is 1. The zero-order valence-corrected chi connectivity index (χ0v) is 19.4. The fourth-order valence-corrected chi connectivity index (χ4v) is 7.09. The predicted molar refractivity (Wildman–Crippen MR) is 123 cm³/mol. The van der Waals surface area contributed by atoms with Gasteiger partial charge in [0.1, 0.15) is 0 Å². The smallest absolute Gasteiger partial charge is 0.252 e. The van der Waals surface area contributed by atoms with Crippen molar-refractivity contribution in [3.63, 3.8) is 0 Å². The van der Waals surface area contributed by atoms with Crippen LogP contribution in [0.1, 0.15) is 74.6 Å². The van der Waals surface area contributed by atoms with E-state index >= 15 is 0 Å². The molecule has 2 aliphatic heterocycles. The third-order valence-electron chi connectivity index (χ3n) is 7.23. The molecule has 2 heterocycles. The van der Waals surface area contributed by atoms with Crippen molar-refractivity contribution in [2.24, 2.45) is 5.92 Å². The first-order valence-electron chi connectivity index (χ1n) is 12.2. The van der Waals surface area contributed by atoms with Crippen LogP contribution in [0.4, 0.5) is 0 Å². The molecule has 1 aromatic carbocycles. The number of nitrogens with zero attached hydrogens (tertiary/aromatic N) is 2. The number of hydrogen-bond acceptors (Lipinski definition) is 4. The van der Waals surface area contributed by atoms with Crippen LogP contribution in [0, 0.1) is 5.92 Å². The van der Waals surface area contributed by atoms with Crippen molar-refractivity contribution >= 4 is 15.9 Å². The lowest BCUT2D eigenvalue weighted by Gasteiger charge is -2.35. The Kier molecular flexibility index (Phi) is 7.67. The Morgan fingerprint density at radius 1 is 0.871 bits per heavy atom. The van der Waals surface area contributed by atoms with Crippen molar-refractivity contribution in [1.29, 1.82) is 0 Å². The number of benzene rings is 1. The van der Waals surface area contributed by atoms with Crippen molar-refractivity contribution in [2.45, 2.75) is 75.1 Å². The van der Waals surface area contributed by atoms with Gasteiger partial charge < -0.3 is 10.2 Å². The summed E-state index contributed by atoms with van der Waals surface area (Å²) in [5, 5.41) is 3.13. The zero-order chi connectivity index (χ0) is 21.7. The molecule has 1 amide bonds. The monoisotopic (exact) mass is 447 g/mol. The third kappa shape index (κ3) is 5.68. The van der Waals surface area contributed by atoms with Gasteiger partial charge >= 0.3 is 0 Å². The van der Waals surface area contributed by atoms with E-state index in [-0.39, 0.29) is 22.4 Å². The minimum atomic E-state index is -3.64. The molecule has 0 radical (unpaired) electrons. The van der Waals surface area contributed by atoms with Gasteiger partial charge in [0.25, 0.3) is 5.91 Å². The molecule has 172 valence electrons. The summed E-state index contributed by atoms with van der Waals surface area (Å²) >= 11 is 0. The molecule has 4 rings (SSSR count). The van der Waals surface area contributed by atoms with E-state index in [0.717, 1.165) is 51.1 Å². The molecule has 0 aromatic heterocycles. The summed E-state index contributed by atoms with van der Waals surface area (Å²) in [7, 11) is -3.64. The highest BCUT2D eigenvalue weighted by Gasteiger charge is 2.31. The maximum absolute atomic E-state index is 13.2. The summed E-state index contributed by atoms with van der Waals surface area (Å²) in [5.41, 5.74) is 0.276. The summed E-state index contributed by atoms with van der Waals surface area (Å²) in [4.78, 5) is 15.7. The fourth-order valence-electron chi connectivity index (χ4n) is 5.38. The van der Waals surface area contributed by atoms with Crippen LogP contribution in [0.15, 0.2) is 29.2 Å². The van der Waals surface area contributed by atoms with Crippen molar-refractivity contribution in [3.05, 3.63) is 29.8 Å². The minimum Gasteiger partial charge on any atom is -0.349 e. The number of carbonyl (C=O) groups excluding carboxylic acids is 1. The molecule has 2 saturated heterocycles. The van der Waals surface area contributed by atoms with Gasteiger partial charge in [-0.05, 0) is 56.6 Å². The molecule has 0 spiro atoms. The van der Waals surface area contributed by atoms with E-state index in [1.165, 1.54) is 43.0 Å². The Morgan fingerprint density at radius 2 is 1.52 bits per heavy atom. The van der Waals surface area contributed by atoms with Gasteiger partial charge in [0.2, 0.25) is 10.0 Å². The number of rotatable bonds is 6. The Bertz CT molecular complexity index is 837. The number of amides is 1. The summed E-state index contributed by atoms with van der Waals surface area (Å²) in [6.07, 6.45) is 11.5. The van der Waals surface area contributed by atoms with Crippen LogP contribution < -0.4 is 5.32 Å². The quantitative estimate of drug-likeness (QED) is 0.723. The lowest BCUT2D eigenvalue weighted by atomic mass is 9.88. The molecule has 1 aromatic rings. The molecule has 6 nitrogen and oxygen atoms in total. The number of sulfonamides is 1. The largest absolute Gasteiger partial charge is 0.349 e. The second-order valence-electron chi connectivity index (χ2n) is 9.51. The average Bonchev–Trinajstić information content (AvgIpc) is 2.81. The average molecular weight is 448 g/mol. The number of nitrogens with one attached hydrogen (secondary N) is 1. The van der Waals surface area contributed by atoms with Crippen molar-refractivity contribution in [3.8, 4) is 0 Å². The predicted octanol–water partition coefficient (Wildman–Crippen LogP) is 3.64. The van der Waals surface area contributed by atoms with Crippen molar-refractivity contribution in [2.75, 3.05) is 32.7 Å². The summed E-state index contributed by atoms with van der Waals surface area (Å²) in [5.74, 6) is 0.577. The first-order valence-corrected chi connectivity index (χ1v) is 13.6. The van der Waals surface area contributed by atoms with E-state index in [1.54, 1.807) is 24.3 Å². The Hall–Kier alpha value is -1.44. The van der Waals surface area contributed by atoms with E-state index in [0.29, 0.717) is 13.1 Å². The first kappa shape index (κ1) is 22.7. The number of piperidine rings is 2. The molecule has 1 saturated carbocycles. The maximum atomic E-state index is 13.2. The lowest BCUT2D eigenvalue weighted by molar-refractivity contribution is 0.0898. The molecule has 1 N–H and O–H groups in total. The van der Waals surface area contributed by atoms with Gasteiger partial charge in [-0.25, -0.2) is 8.42 Å². The molecule has 3 fully saturated rings. The lowest BCUT2D eigenvalue weighted by Crippen LogP contribution is -2.46. The first-order chi connectivity index (χ1) is 15.0. The molecule has 0 bridgehead atoms. The van der Waals surface area contributed by atoms with E-state index in [2.05, 4.69) is 10.2 Å². The Labute approximate surface area is 187 Å². The van der Waals surface area contributed by atoms with Crippen LogP contribution in [0.25, 0.3) is 0 Å². The van der Waals surface area contributed by atoms with Crippen LogP contribution in [0.3, 0.4) is 0 Å². The van der Waals surface area contributed by atoms with E-state index in [9.17, 15) is 13.2 Å². The molecule has 7 heteroatoms. The maximum Gasteiger partial charge on any atom is 0.252 e. The van der Waals surface area contributed by atoms with Crippen LogP contribution in [0.5, 0.6) is 0 Å². The van der Waals surface area contributed by atoms with Crippen LogP contribution >= 0.6 is 0 Å². The van der Waals surface area contributed by atoms with Crippen LogP contribution in [-0.4, -0.2) is 62.3 Å². The van der Waals surface area contributed by atoms with Crippen molar-refractivity contribution < 1.29 is 13.2 Å². The zero-order valence-electron chi connectivity index (χ0n) is 18.6. The topological polar surface area (TPSA) is 69.7 Å². The molecule has 1 aliphatic carbocycles. The SMILES string of the molecule is O=C(NC1CCN(CC2CCCCC2)CC1)c1ccccc1S(=O)(=O)N1CCCCC1. The highest BCUT2D eigenvalue weighted by Crippen LogP contribution is 2.26. The molecule has 0 unspecified atom stereocenters. The normalized spacial score (nSPS) is 23.0. The second-order valence-corrected chi connectivity index (χ2v) is 11.4. The third-order valence-corrected chi connectivity index (χ3v) is 9.19. The van der Waals surface area contributed by atoms with Crippen molar-refractivity contribution in [1.82, 2.24) is 14.5 Å². The van der Waals surface area contributed by atoms with Gasteiger partial charge in [-0.15, -0.1) is 0 Å². The van der Waals surface area contributed by atoms with E-state index in [1.807, 2.05) is 0 Å². The van der Waals surface area contributed by atoms with Gasteiger partial charge in [0.05, 0.1) is 10.5 Å². The van der Waals surface area contributed by atoms with Gasteiger partial charge in [-0.1, -0.05) is 37.8 Å². The van der Waals surface area contributed by atoms with Gasteiger partial charge in [0, 0.05) is 38.8 Å². The fraction of sp³-hybridized carbons (Fsp3) is 0.708. The standard InChI is InChI=1S/C24H37N3O3S/c28-24(25-21-13-17-26(18-14-21)19-20-9-3-1-4-10-20)22-11-5-6-12-23(22)31(29,30)27-15-7-2-8-16-27/h5-6,11-12,20-21H,1-4,7-10,13-19H2,(H,25,28). The highest BCUT2D eigenvalue weighted by molar-refractivity contribution is 7.89.